The van der Waals surface area contributed by atoms with Crippen LogP contribution in [0.3, 0.4) is 0 Å². The highest BCUT2D eigenvalue weighted by Gasteiger charge is 2.36. The molecule has 26 heavy (non-hydrogen) atoms. The zero-order valence-corrected chi connectivity index (χ0v) is 15.2. The van der Waals surface area contributed by atoms with E-state index in [2.05, 4.69) is 0 Å². The molecule has 0 radical (unpaired) electrons. The normalized spacial score (nSPS) is 13.3. The van der Waals surface area contributed by atoms with Gasteiger partial charge in [0.2, 0.25) is 5.43 Å². The number of amides is 2. The van der Waals surface area contributed by atoms with E-state index in [-0.39, 0.29) is 29.5 Å². The number of rotatable bonds is 6. The van der Waals surface area contributed by atoms with Crippen LogP contribution in [0.2, 0.25) is 0 Å². The van der Waals surface area contributed by atoms with Gasteiger partial charge in [0.15, 0.2) is 5.75 Å². The number of fused-ring (bicyclic) bond motifs is 1. The van der Waals surface area contributed by atoms with Crippen LogP contribution in [-0.4, -0.2) is 27.9 Å². The summed E-state index contributed by atoms with van der Waals surface area (Å²) in [7, 11) is 1.80. The molecule has 2 aromatic rings. The van der Waals surface area contributed by atoms with Crippen molar-refractivity contribution in [1.82, 2.24) is 9.47 Å². The van der Waals surface area contributed by atoms with Gasteiger partial charge >= 0.3 is 0 Å². The van der Waals surface area contributed by atoms with Crippen molar-refractivity contribution in [2.24, 2.45) is 7.05 Å². The standard InChI is InChI=1S/C20H22N2O4/c1-4-5-10-26-18-16(21(3)13(2)11-17(18)23)12-22-19(24)14-8-6-7-9-15(14)20(22)25/h6-9,11H,4-5,10,12H2,1-3H3. The summed E-state index contributed by atoms with van der Waals surface area (Å²) >= 11 is 0. The van der Waals surface area contributed by atoms with Crippen molar-refractivity contribution in [3.05, 3.63) is 63.1 Å². The number of aryl methyl sites for hydroxylation is 1. The Hall–Kier alpha value is -2.89. The molecule has 3 rings (SSSR count). The van der Waals surface area contributed by atoms with E-state index in [4.69, 9.17) is 4.74 Å². The number of aromatic nitrogens is 1. The lowest BCUT2D eigenvalue weighted by atomic mass is 10.1. The highest BCUT2D eigenvalue weighted by molar-refractivity contribution is 6.21. The first kappa shape index (κ1) is 17.9. The van der Waals surface area contributed by atoms with Crippen LogP contribution in [0.1, 0.15) is 51.9 Å². The highest BCUT2D eigenvalue weighted by atomic mass is 16.5. The first-order valence-corrected chi connectivity index (χ1v) is 8.73. The van der Waals surface area contributed by atoms with Crippen LogP contribution in [0.5, 0.6) is 5.75 Å². The Morgan fingerprint density at radius 2 is 1.65 bits per heavy atom. The average molecular weight is 354 g/mol. The molecule has 0 spiro atoms. The maximum Gasteiger partial charge on any atom is 0.261 e. The molecular formula is C20H22N2O4. The van der Waals surface area contributed by atoms with Crippen molar-refractivity contribution in [3.63, 3.8) is 0 Å². The van der Waals surface area contributed by atoms with Gasteiger partial charge in [0.25, 0.3) is 11.8 Å². The lowest BCUT2D eigenvalue weighted by Crippen LogP contribution is -2.32. The largest absolute Gasteiger partial charge is 0.488 e. The number of pyridine rings is 1. The van der Waals surface area contributed by atoms with Crippen LogP contribution in [0, 0.1) is 6.92 Å². The van der Waals surface area contributed by atoms with E-state index < -0.39 is 0 Å². The number of unbranched alkanes of at least 4 members (excludes halogenated alkanes) is 1. The topological polar surface area (TPSA) is 68.6 Å². The van der Waals surface area contributed by atoms with Crippen molar-refractivity contribution in [1.29, 1.82) is 0 Å². The van der Waals surface area contributed by atoms with Crippen LogP contribution >= 0.6 is 0 Å². The second kappa shape index (κ2) is 7.15. The fraction of sp³-hybridized carbons (Fsp3) is 0.350. The molecule has 2 amide bonds. The fourth-order valence-corrected chi connectivity index (χ4v) is 3.04. The fourth-order valence-electron chi connectivity index (χ4n) is 3.04. The molecule has 0 saturated carbocycles. The van der Waals surface area contributed by atoms with E-state index in [0.29, 0.717) is 23.4 Å². The van der Waals surface area contributed by atoms with Crippen molar-refractivity contribution < 1.29 is 14.3 Å². The Labute approximate surface area is 152 Å². The van der Waals surface area contributed by atoms with E-state index in [1.54, 1.807) is 35.9 Å². The van der Waals surface area contributed by atoms with E-state index in [0.717, 1.165) is 18.5 Å². The molecular weight excluding hydrogens is 332 g/mol. The van der Waals surface area contributed by atoms with E-state index in [9.17, 15) is 14.4 Å². The maximum atomic E-state index is 12.6. The molecule has 6 heteroatoms. The van der Waals surface area contributed by atoms with Gasteiger partial charge in [-0.15, -0.1) is 0 Å². The van der Waals surface area contributed by atoms with Crippen molar-refractivity contribution in [2.75, 3.05) is 6.61 Å². The van der Waals surface area contributed by atoms with Crippen molar-refractivity contribution >= 4 is 11.8 Å². The number of ether oxygens (including phenoxy) is 1. The predicted molar refractivity (Wildman–Crippen MR) is 97.5 cm³/mol. The second-order valence-electron chi connectivity index (χ2n) is 6.43. The second-order valence-corrected chi connectivity index (χ2v) is 6.43. The molecule has 1 aromatic heterocycles. The molecule has 1 aromatic carbocycles. The van der Waals surface area contributed by atoms with Gasteiger partial charge in [-0.05, 0) is 25.5 Å². The van der Waals surface area contributed by atoms with Crippen LogP contribution < -0.4 is 10.2 Å². The number of benzene rings is 1. The number of nitrogens with zero attached hydrogens (tertiary/aromatic N) is 2. The van der Waals surface area contributed by atoms with Gasteiger partial charge in [0.05, 0.1) is 30.0 Å². The SMILES string of the molecule is CCCCOc1c(CN2C(=O)c3ccccc3C2=O)n(C)c(C)cc1=O. The minimum absolute atomic E-state index is 0.00122. The zero-order valence-electron chi connectivity index (χ0n) is 15.2. The summed E-state index contributed by atoms with van der Waals surface area (Å²) < 4.78 is 7.52. The molecule has 0 saturated heterocycles. The Morgan fingerprint density at radius 1 is 1.04 bits per heavy atom. The Morgan fingerprint density at radius 3 is 2.23 bits per heavy atom. The summed E-state index contributed by atoms with van der Waals surface area (Å²) in [4.78, 5) is 38.9. The van der Waals surface area contributed by atoms with Crippen LogP contribution in [0.15, 0.2) is 35.1 Å². The summed E-state index contributed by atoms with van der Waals surface area (Å²) in [5.74, 6) is -0.485. The molecule has 1 aliphatic heterocycles. The van der Waals surface area contributed by atoms with Gasteiger partial charge < -0.3 is 9.30 Å². The van der Waals surface area contributed by atoms with E-state index in [1.807, 2.05) is 13.8 Å². The summed E-state index contributed by atoms with van der Waals surface area (Å²) in [6, 6.07) is 8.25. The number of imide groups is 1. The van der Waals surface area contributed by atoms with Gasteiger partial charge in [-0.25, -0.2) is 0 Å². The summed E-state index contributed by atoms with van der Waals surface area (Å²) in [6.07, 6.45) is 1.77. The molecule has 136 valence electrons. The number of hydrogen-bond donors (Lipinski definition) is 0. The van der Waals surface area contributed by atoms with E-state index >= 15 is 0 Å². The minimum Gasteiger partial charge on any atom is -0.488 e. The van der Waals surface area contributed by atoms with Gasteiger partial charge in [-0.1, -0.05) is 25.5 Å². The first-order valence-electron chi connectivity index (χ1n) is 8.73. The molecule has 2 heterocycles. The molecule has 0 N–H and O–H groups in total. The van der Waals surface area contributed by atoms with Crippen LogP contribution in [0.25, 0.3) is 0 Å². The first-order chi connectivity index (χ1) is 12.5. The third-order valence-electron chi connectivity index (χ3n) is 4.69. The Balaban J connectivity index is 1.98. The molecule has 0 bridgehead atoms. The van der Waals surface area contributed by atoms with Crippen molar-refractivity contribution in [2.45, 2.75) is 33.2 Å². The third-order valence-corrected chi connectivity index (χ3v) is 4.69. The lowest BCUT2D eigenvalue weighted by Gasteiger charge is -2.21. The summed E-state index contributed by atoms with van der Waals surface area (Å²) in [5.41, 5.74) is 1.82. The Kier molecular flexibility index (Phi) is 4.93. The molecule has 0 unspecified atom stereocenters. The third kappa shape index (κ3) is 3.03. The number of hydrogen-bond acceptors (Lipinski definition) is 4. The molecule has 0 fully saturated rings. The van der Waals surface area contributed by atoms with Crippen LogP contribution in [-0.2, 0) is 13.6 Å². The zero-order chi connectivity index (χ0) is 18.8. The number of carbonyl (C=O) groups excluding carboxylic acids is 2. The molecule has 1 aliphatic rings. The quantitative estimate of drug-likeness (QED) is 0.591. The van der Waals surface area contributed by atoms with Crippen molar-refractivity contribution in [3.8, 4) is 5.75 Å². The van der Waals surface area contributed by atoms with E-state index in [1.165, 1.54) is 11.0 Å². The molecule has 0 aliphatic carbocycles. The molecule has 0 atom stereocenters. The monoisotopic (exact) mass is 354 g/mol. The molecule has 6 nitrogen and oxygen atoms in total. The van der Waals surface area contributed by atoms with Gasteiger partial charge in [-0.2, -0.15) is 0 Å². The smallest absolute Gasteiger partial charge is 0.261 e. The van der Waals surface area contributed by atoms with Gasteiger partial charge in [0.1, 0.15) is 0 Å². The number of carbonyl (C=O) groups is 2. The summed E-state index contributed by atoms with van der Waals surface area (Å²) in [6.45, 7) is 4.27. The highest BCUT2D eigenvalue weighted by Crippen LogP contribution is 2.26. The lowest BCUT2D eigenvalue weighted by molar-refractivity contribution is 0.0637. The summed E-state index contributed by atoms with van der Waals surface area (Å²) in [5, 5.41) is 0. The van der Waals surface area contributed by atoms with Gasteiger partial charge in [0, 0.05) is 18.8 Å². The predicted octanol–water partition coefficient (Wildman–Crippen LogP) is 2.67. The minimum atomic E-state index is -0.348. The maximum absolute atomic E-state index is 12.6. The average Bonchev–Trinajstić information content (AvgIpc) is 2.87. The van der Waals surface area contributed by atoms with Crippen LogP contribution in [0.4, 0.5) is 0 Å². The Bertz CT molecular complexity index is 895. The van der Waals surface area contributed by atoms with Gasteiger partial charge in [-0.3, -0.25) is 19.3 Å².